The van der Waals surface area contributed by atoms with Crippen LogP contribution in [0.25, 0.3) is 10.2 Å². The Morgan fingerprint density at radius 1 is 1.19 bits per heavy atom. The highest BCUT2D eigenvalue weighted by Crippen LogP contribution is 2.34. The van der Waals surface area contributed by atoms with Crippen molar-refractivity contribution < 1.29 is 14.5 Å². The number of pyridine rings is 1. The van der Waals surface area contributed by atoms with Crippen molar-refractivity contribution >= 4 is 38.3 Å². The molecule has 162 valence electrons. The number of anilines is 1. The third-order valence-electron chi connectivity index (χ3n) is 4.91. The number of aromatic nitrogens is 2. The lowest BCUT2D eigenvalue weighted by Crippen LogP contribution is -2.31. The molecule has 0 fully saturated rings. The van der Waals surface area contributed by atoms with Crippen LogP contribution >= 0.6 is 11.3 Å². The number of amides is 1. The van der Waals surface area contributed by atoms with Crippen LogP contribution in [-0.4, -0.2) is 27.4 Å². The van der Waals surface area contributed by atoms with Gasteiger partial charge in [-0.1, -0.05) is 23.5 Å². The van der Waals surface area contributed by atoms with Gasteiger partial charge in [-0.3, -0.25) is 24.8 Å². The minimum atomic E-state index is -0.484. The molecule has 0 atom stereocenters. The summed E-state index contributed by atoms with van der Waals surface area (Å²) >= 11 is 1.36. The molecule has 8 nitrogen and oxygen atoms in total. The first-order valence-corrected chi connectivity index (χ1v) is 10.8. The quantitative estimate of drug-likeness (QED) is 0.286. The maximum absolute atomic E-state index is 13.6. The summed E-state index contributed by atoms with van der Waals surface area (Å²) in [7, 11) is 0. The summed E-state index contributed by atoms with van der Waals surface area (Å²) in [5, 5.41) is 11.9. The van der Waals surface area contributed by atoms with Gasteiger partial charge in [0.15, 0.2) is 5.13 Å². The number of thiazole rings is 1. The van der Waals surface area contributed by atoms with Gasteiger partial charge in [-0.05, 0) is 50.2 Å². The first-order valence-electron chi connectivity index (χ1n) is 9.97. The molecular weight excluding hydrogens is 428 g/mol. The van der Waals surface area contributed by atoms with E-state index >= 15 is 0 Å². The van der Waals surface area contributed by atoms with Crippen molar-refractivity contribution in [3.63, 3.8) is 0 Å². The normalized spacial score (nSPS) is 10.8. The molecule has 1 amide bonds. The van der Waals surface area contributed by atoms with E-state index in [0.717, 1.165) is 16.0 Å². The number of ether oxygens (including phenoxy) is 1. The first kappa shape index (κ1) is 21.4. The van der Waals surface area contributed by atoms with Crippen molar-refractivity contribution in [3.8, 4) is 5.75 Å². The number of nitro groups is 1. The zero-order valence-corrected chi connectivity index (χ0v) is 18.3. The number of carbonyl (C=O) groups excluding carboxylic acids is 1. The first-order chi connectivity index (χ1) is 15.5. The molecule has 2 aromatic carbocycles. The van der Waals surface area contributed by atoms with Crippen LogP contribution in [0.5, 0.6) is 5.75 Å². The fourth-order valence-corrected chi connectivity index (χ4v) is 4.33. The minimum Gasteiger partial charge on any atom is -0.494 e. The number of hydrogen-bond acceptors (Lipinski definition) is 7. The van der Waals surface area contributed by atoms with Gasteiger partial charge in [-0.25, -0.2) is 4.98 Å². The van der Waals surface area contributed by atoms with E-state index in [4.69, 9.17) is 4.74 Å². The summed E-state index contributed by atoms with van der Waals surface area (Å²) in [4.78, 5) is 35.0. The molecule has 0 radical (unpaired) electrons. The summed E-state index contributed by atoms with van der Waals surface area (Å²) < 4.78 is 6.45. The van der Waals surface area contributed by atoms with Crippen LogP contribution in [0.1, 0.15) is 28.5 Å². The summed E-state index contributed by atoms with van der Waals surface area (Å²) in [5.74, 6) is 0.355. The Labute approximate surface area is 188 Å². The van der Waals surface area contributed by atoms with Crippen LogP contribution in [0.15, 0.2) is 60.8 Å². The predicted molar refractivity (Wildman–Crippen MR) is 123 cm³/mol. The Morgan fingerprint density at radius 2 is 2.03 bits per heavy atom. The number of nitro benzene ring substituents is 1. The molecule has 32 heavy (non-hydrogen) atoms. The van der Waals surface area contributed by atoms with Gasteiger partial charge >= 0.3 is 0 Å². The monoisotopic (exact) mass is 448 g/mol. The number of benzene rings is 2. The van der Waals surface area contributed by atoms with Crippen LogP contribution in [0.3, 0.4) is 0 Å². The maximum Gasteiger partial charge on any atom is 0.273 e. The summed E-state index contributed by atoms with van der Waals surface area (Å²) in [6.45, 7) is 4.22. The molecule has 9 heteroatoms. The summed E-state index contributed by atoms with van der Waals surface area (Å²) in [6.07, 6.45) is 1.66. The third-order valence-corrected chi connectivity index (χ3v) is 5.96. The van der Waals surface area contributed by atoms with Crippen LogP contribution in [0.4, 0.5) is 10.8 Å². The highest BCUT2D eigenvalue weighted by molar-refractivity contribution is 7.22. The van der Waals surface area contributed by atoms with Gasteiger partial charge in [0.25, 0.3) is 11.6 Å². The fraction of sp³-hybridized carbons (Fsp3) is 0.174. The largest absolute Gasteiger partial charge is 0.494 e. The SMILES string of the molecule is CCOc1ccc2nc(N(Cc3ccccn3)C(=O)c3cccc([N+](=O)[O-])c3C)sc2c1. The Kier molecular flexibility index (Phi) is 6.09. The van der Waals surface area contributed by atoms with Gasteiger partial charge < -0.3 is 4.74 Å². The van der Waals surface area contributed by atoms with E-state index in [1.165, 1.54) is 28.4 Å². The van der Waals surface area contributed by atoms with Gasteiger partial charge in [0.05, 0.1) is 34.0 Å². The maximum atomic E-state index is 13.6. The molecule has 4 aromatic rings. The van der Waals surface area contributed by atoms with Crippen molar-refractivity contribution in [1.29, 1.82) is 0 Å². The highest BCUT2D eigenvalue weighted by atomic mass is 32.1. The number of hydrogen-bond donors (Lipinski definition) is 0. The molecule has 0 saturated carbocycles. The van der Waals surface area contributed by atoms with Crippen LogP contribution in [0.2, 0.25) is 0 Å². The standard InChI is InChI=1S/C23H20N4O4S/c1-3-31-17-10-11-19-21(13-17)32-23(25-19)26(14-16-7-4-5-12-24-16)22(28)18-8-6-9-20(15(18)2)27(29)30/h4-13H,3,14H2,1-2H3. The zero-order chi connectivity index (χ0) is 22.7. The summed E-state index contributed by atoms with van der Waals surface area (Å²) in [6, 6.07) is 15.5. The number of rotatable bonds is 7. The van der Waals surface area contributed by atoms with E-state index in [9.17, 15) is 14.9 Å². The van der Waals surface area contributed by atoms with Crippen LogP contribution in [-0.2, 0) is 6.54 Å². The van der Waals surface area contributed by atoms with Gasteiger partial charge in [-0.2, -0.15) is 0 Å². The number of carbonyl (C=O) groups is 1. The molecule has 0 spiro atoms. The van der Waals surface area contributed by atoms with E-state index in [2.05, 4.69) is 9.97 Å². The second-order valence-electron chi connectivity index (χ2n) is 6.98. The Bertz CT molecular complexity index is 1290. The second-order valence-corrected chi connectivity index (χ2v) is 7.99. The molecule has 0 aliphatic carbocycles. The molecule has 0 aliphatic rings. The predicted octanol–water partition coefficient (Wildman–Crippen LogP) is 5.15. The van der Waals surface area contributed by atoms with Crippen molar-refractivity contribution in [2.24, 2.45) is 0 Å². The van der Waals surface area contributed by atoms with Gasteiger partial charge in [0, 0.05) is 23.4 Å². The topological polar surface area (TPSA) is 98.5 Å². The minimum absolute atomic E-state index is 0.0979. The molecule has 2 aromatic heterocycles. The highest BCUT2D eigenvalue weighted by Gasteiger charge is 2.26. The molecule has 0 aliphatic heterocycles. The van der Waals surface area contributed by atoms with Crippen molar-refractivity contribution in [1.82, 2.24) is 9.97 Å². The van der Waals surface area contributed by atoms with E-state index in [-0.39, 0.29) is 23.7 Å². The van der Waals surface area contributed by atoms with E-state index in [1.807, 2.05) is 37.3 Å². The molecule has 0 bridgehead atoms. The molecule has 0 unspecified atom stereocenters. The van der Waals surface area contributed by atoms with E-state index in [1.54, 1.807) is 25.3 Å². The number of nitrogens with zero attached hydrogens (tertiary/aromatic N) is 4. The zero-order valence-electron chi connectivity index (χ0n) is 17.5. The molecule has 0 saturated heterocycles. The third kappa shape index (κ3) is 4.28. The average Bonchev–Trinajstić information content (AvgIpc) is 3.21. The lowest BCUT2D eigenvalue weighted by atomic mass is 10.1. The number of fused-ring (bicyclic) bond motifs is 1. The molecular formula is C23H20N4O4S. The Hall–Kier alpha value is -3.85. The molecule has 0 N–H and O–H groups in total. The molecule has 2 heterocycles. The average molecular weight is 449 g/mol. The van der Waals surface area contributed by atoms with Crippen molar-refractivity contribution in [3.05, 3.63) is 87.7 Å². The van der Waals surface area contributed by atoms with E-state index < -0.39 is 4.92 Å². The fourth-order valence-electron chi connectivity index (χ4n) is 3.34. The van der Waals surface area contributed by atoms with Gasteiger partial charge in [0.1, 0.15) is 5.75 Å². The van der Waals surface area contributed by atoms with Crippen molar-refractivity contribution in [2.75, 3.05) is 11.5 Å². The molecule has 4 rings (SSSR count). The van der Waals surface area contributed by atoms with Crippen LogP contribution in [0, 0.1) is 17.0 Å². The second kappa shape index (κ2) is 9.11. The van der Waals surface area contributed by atoms with Crippen LogP contribution < -0.4 is 9.64 Å². The van der Waals surface area contributed by atoms with Gasteiger partial charge in [0.2, 0.25) is 0 Å². The smallest absolute Gasteiger partial charge is 0.273 e. The van der Waals surface area contributed by atoms with Gasteiger partial charge in [-0.15, -0.1) is 0 Å². The van der Waals surface area contributed by atoms with Crippen molar-refractivity contribution in [2.45, 2.75) is 20.4 Å². The Balaban J connectivity index is 1.79. The lowest BCUT2D eigenvalue weighted by Gasteiger charge is -2.20. The Morgan fingerprint density at radius 3 is 2.75 bits per heavy atom. The van der Waals surface area contributed by atoms with E-state index in [0.29, 0.717) is 23.0 Å². The lowest BCUT2D eigenvalue weighted by molar-refractivity contribution is -0.385. The summed E-state index contributed by atoms with van der Waals surface area (Å²) in [5.41, 5.74) is 1.89.